The highest BCUT2D eigenvalue weighted by atomic mass is 35.5. The summed E-state index contributed by atoms with van der Waals surface area (Å²) in [4.78, 5) is 31.6. The third-order valence-electron chi connectivity index (χ3n) is 5.28. The first-order valence-corrected chi connectivity index (χ1v) is 9.15. The lowest BCUT2D eigenvalue weighted by molar-refractivity contribution is 0.0534. The van der Waals surface area contributed by atoms with Crippen LogP contribution in [0.25, 0.3) is 0 Å². The number of pyridine rings is 1. The zero-order valence-corrected chi connectivity index (χ0v) is 18.5. The first-order valence-electron chi connectivity index (χ1n) is 9.15. The van der Waals surface area contributed by atoms with Crippen molar-refractivity contribution in [2.45, 2.75) is 33.2 Å². The van der Waals surface area contributed by atoms with Gasteiger partial charge in [-0.05, 0) is 42.5 Å². The number of nitrogens with one attached hydrogen (secondary N) is 1. The lowest BCUT2D eigenvalue weighted by Gasteiger charge is -2.42. The summed E-state index contributed by atoms with van der Waals surface area (Å²) in [5.74, 6) is -0.342. The maximum Gasteiger partial charge on any atom is 0.255 e. The standard InChI is InChI=1S/C21H26N4O2.2ClH/c1-14-5-4-6-16(18(14)24-19(26)15-7-10-23-11-8-15)20(27)25-12-9-17(22)21(2,3)13-25;;/h4-8,10-11,17H,9,12-13,22H2,1-3H3,(H,24,26);2*1H. The molecule has 3 N–H and O–H groups in total. The predicted molar refractivity (Wildman–Crippen MR) is 120 cm³/mol. The fourth-order valence-corrected chi connectivity index (χ4v) is 3.42. The molecule has 1 fully saturated rings. The Kier molecular flexibility index (Phi) is 8.63. The number of likely N-dealkylation sites (tertiary alicyclic amines) is 1. The zero-order chi connectivity index (χ0) is 19.6. The molecule has 2 heterocycles. The Morgan fingerprint density at radius 1 is 1.17 bits per heavy atom. The van der Waals surface area contributed by atoms with Crippen LogP contribution in [0.4, 0.5) is 5.69 Å². The fraction of sp³-hybridized carbons (Fsp3) is 0.381. The van der Waals surface area contributed by atoms with E-state index in [2.05, 4.69) is 24.1 Å². The third kappa shape index (κ3) is 5.47. The number of amides is 2. The van der Waals surface area contributed by atoms with Crippen LogP contribution in [0.2, 0.25) is 0 Å². The molecule has 2 aromatic rings. The van der Waals surface area contributed by atoms with Crippen LogP contribution in [0.5, 0.6) is 0 Å². The number of nitrogens with zero attached hydrogens (tertiary/aromatic N) is 2. The van der Waals surface area contributed by atoms with Crippen LogP contribution in [0.1, 0.15) is 46.5 Å². The lowest BCUT2D eigenvalue weighted by atomic mass is 9.79. The minimum absolute atomic E-state index is 0. The van der Waals surface area contributed by atoms with Crippen LogP contribution in [-0.2, 0) is 0 Å². The van der Waals surface area contributed by atoms with E-state index in [0.29, 0.717) is 29.9 Å². The SMILES string of the molecule is Cc1cccc(C(=O)N2CCC(N)C(C)(C)C2)c1NC(=O)c1ccncc1.Cl.Cl. The molecule has 6 nitrogen and oxygen atoms in total. The van der Waals surface area contributed by atoms with E-state index in [1.54, 1.807) is 30.6 Å². The lowest BCUT2D eigenvalue weighted by Crippen LogP contribution is -2.54. The zero-order valence-electron chi connectivity index (χ0n) is 16.8. The minimum atomic E-state index is -0.262. The number of anilines is 1. The minimum Gasteiger partial charge on any atom is -0.338 e. The molecule has 0 bridgehead atoms. The van der Waals surface area contributed by atoms with Gasteiger partial charge in [0.25, 0.3) is 11.8 Å². The van der Waals surface area contributed by atoms with Crippen molar-refractivity contribution in [2.75, 3.05) is 18.4 Å². The number of benzene rings is 1. The van der Waals surface area contributed by atoms with Crippen LogP contribution in [0.15, 0.2) is 42.7 Å². The summed E-state index contributed by atoms with van der Waals surface area (Å²) in [6.07, 6.45) is 3.90. The Bertz CT molecular complexity index is 859. The second-order valence-electron chi connectivity index (χ2n) is 7.80. The first kappa shape index (κ1) is 24.9. The number of halogens is 2. The van der Waals surface area contributed by atoms with Crippen LogP contribution < -0.4 is 11.1 Å². The van der Waals surface area contributed by atoms with Gasteiger partial charge < -0.3 is 16.0 Å². The smallest absolute Gasteiger partial charge is 0.255 e. The Morgan fingerprint density at radius 2 is 1.83 bits per heavy atom. The summed E-state index contributed by atoms with van der Waals surface area (Å²) in [6.45, 7) is 7.27. The van der Waals surface area contributed by atoms with E-state index in [1.807, 2.05) is 24.0 Å². The highest BCUT2D eigenvalue weighted by Crippen LogP contribution is 2.30. The molecule has 0 radical (unpaired) electrons. The number of carbonyl (C=O) groups is 2. The largest absolute Gasteiger partial charge is 0.338 e. The number of piperidine rings is 1. The second-order valence-corrected chi connectivity index (χ2v) is 7.80. The van der Waals surface area contributed by atoms with Gasteiger partial charge in [0.15, 0.2) is 0 Å². The molecular formula is C21H28Cl2N4O2. The molecule has 1 aromatic carbocycles. The molecule has 8 heteroatoms. The van der Waals surface area contributed by atoms with Gasteiger partial charge in [-0.1, -0.05) is 26.0 Å². The molecule has 1 aromatic heterocycles. The van der Waals surface area contributed by atoms with Gasteiger partial charge in [-0.25, -0.2) is 0 Å². The summed E-state index contributed by atoms with van der Waals surface area (Å²) >= 11 is 0. The quantitative estimate of drug-likeness (QED) is 0.764. The Hall–Kier alpha value is -2.15. The van der Waals surface area contributed by atoms with Gasteiger partial charge in [0.1, 0.15) is 0 Å². The number of hydrogen-bond donors (Lipinski definition) is 2. The Balaban J connectivity index is 0.00000210. The number of aromatic nitrogens is 1. The average molecular weight is 439 g/mol. The van der Waals surface area contributed by atoms with Crippen LogP contribution >= 0.6 is 24.8 Å². The summed E-state index contributed by atoms with van der Waals surface area (Å²) in [7, 11) is 0. The summed E-state index contributed by atoms with van der Waals surface area (Å²) in [5, 5.41) is 2.91. The molecule has 1 aliphatic heterocycles. The third-order valence-corrected chi connectivity index (χ3v) is 5.28. The van der Waals surface area contributed by atoms with Gasteiger partial charge >= 0.3 is 0 Å². The molecule has 0 saturated carbocycles. The molecule has 2 amide bonds. The van der Waals surface area contributed by atoms with E-state index in [1.165, 1.54) is 0 Å². The van der Waals surface area contributed by atoms with Crippen LogP contribution in [0, 0.1) is 12.3 Å². The van der Waals surface area contributed by atoms with Crippen molar-refractivity contribution >= 4 is 42.3 Å². The van der Waals surface area contributed by atoms with E-state index >= 15 is 0 Å². The van der Waals surface area contributed by atoms with Crippen molar-refractivity contribution in [3.63, 3.8) is 0 Å². The summed E-state index contributed by atoms with van der Waals surface area (Å²) in [6, 6.07) is 8.84. The van der Waals surface area contributed by atoms with Crippen LogP contribution in [-0.4, -0.2) is 40.8 Å². The number of carbonyl (C=O) groups excluding carboxylic acids is 2. The maximum atomic E-state index is 13.2. The van der Waals surface area contributed by atoms with Crippen molar-refractivity contribution in [1.29, 1.82) is 0 Å². The molecule has 3 rings (SSSR count). The van der Waals surface area contributed by atoms with E-state index in [-0.39, 0.29) is 48.1 Å². The van der Waals surface area contributed by atoms with Crippen molar-refractivity contribution in [3.8, 4) is 0 Å². The topological polar surface area (TPSA) is 88.3 Å². The summed E-state index contributed by atoms with van der Waals surface area (Å²) in [5.41, 5.74) is 8.45. The normalized spacial score (nSPS) is 17.5. The Labute approximate surface area is 184 Å². The molecule has 1 saturated heterocycles. The number of hydrogen-bond acceptors (Lipinski definition) is 4. The average Bonchev–Trinajstić information content (AvgIpc) is 2.65. The van der Waals surface area contributed by atoms with Crippen molar-refractivity contribution < 1.29 is 9.59 Å². The van der Waals surface area contributed by atoms with Crippen molar-refractivity contribution in [1.82, 2.24) is 9.88 Å². The first-order chi connectivity index (χ1) is 12.8. The number of aryl methyl sites for hydroxylation is 1. The van der Waals surface area contributed by atoms with E-state index in [9.17, 15) is 9.59 Å². The molecule has 1 atom stereocenters. The molecule has 1 unspecified atom stereocenters. The van der Waals surface area contributed by atoms with Gasteiger partial charge in [0, 0.05) is 37.1 Å². The van der Waals surface area contributed by atoms with Gasteiger partial charge in [-0.3, -0.25) is 14.6 Å². The monoisotopic (exact) mass is 438 g/mol. The highest BCUT2D eigenvalue weighted by molar-refractivity contribution is 6.09. The van der Waals surface area contributed by atoms with Gasteiger partial charge in [0.05, 0.1) is 11.3 Å². The van der Waals surface area contributed by atoms with Crippen molar-refractivity contribution in [3.05, 3.63) is 59.4 Å². The molecule has 29 heavy (non-hydrogen) atoms. The predicted octanol–water partition coefficient (Wildman–Crippen LogP) is 3.69. The molecule has 158 valence electrons. The van der Waals surface area contributed by atoms with Crippen molar-refractivity contribution in [2.24, 2.45) is 11.1 Å². The van der Waals surface area contributed by atoms with E-state index in [0.717, 1.165) is 12.0 Å². The number of para-hydroxylation sites is 1. The molecule has 0 spiro atoms. The Morgan fingerprint density at radius 3 is 2.45 bits per heavy atom. The molecule has 1 aliphatic rings. The fourth-order valence-electron chi connectivity index (χ4n) is 3.42. The number of nitrogens with two attached hydrogens (primary N) is 1. The van der Waals surface area contributed by atoms with E-state index in [4.69, 9.17) is 5.73 Å². The van der Waals surface area contributed by atoms with Crippen LogP contribution in [0.3, 0.4) is 0 Å². The highest BCUT2D eigenvalue weighted by Gasteiger charge is 2.36. The van der Waals surface area contributed by atoms with Gasteiger partial charge in [0.2, 0.25) is 0 Å². The number of rotatable bonds is 3. The van der Waals surface area contributed by atoms with Gasteiger partial charge in [-0.2, -0.15) is 0 Å². The van der Waals surface area contributed by atoms with Gasteiger partial charge in [-0.15, -0.1) is 24.8 Å². The maximum absolute atomic E-state index is 13.2. The second kappa shape index (κ2) is 10.1. The van der Waals surface area contributed by atoms with E-state index < -0.39 is 0 Å². The molecule has 0 aliphatic carbocycles. The molecular weight excluding hydrogens is 411 g/mol. The summed E-state index contributed by atoms with van der Waals surface area (Å²) < 4.78 is 0.